The van der Waals surface area contributed by atoms with Gasteiger partial charge in [0.15, 0.2) is 0 Å². The topological polar surface area (TPSA) is 46.5 Å². The van der Waals surface area contributed by atoms with Crippen molar-refractivity contribution in [3.63, 3.8) is 0 Å². The first-order valence-corrected chi connectivity index (χ1v) is 4.68. The molecule has 0 aliphatic rings. The van der Waals surface area contributed by atoms with E-state index in [9.17, 15) is 4.79 Å². The van der Waals surface area contributed by atoms with Gasteiger partial charge in [0.1, 0.15) is 5.75 Å². The number of ether oxygens (including phenoxy) is 1. The minimum atomic E-state index is -1.03. The van der Waals surface area contributed by atoms with Gasteiger partial charge in [-0.3, -0.25) is 0 Å². The molecule has 0 atom stereocenters. The van der Waals surface area contributed by atoms with Crippen LogP contribution in [0.4, 0.5) is 0 Å². The van der Waals surface area contributed by atoms with Crippen LogP contribution < -0.4 is 4.74 Å². The quantitative estimate of drug-likeness (QED) is 0.839. The largest absolute Gasteiger partial charge is 0.494 e. The molecule has 1 N–H and O–H groups in total. The Morgan fingerprint density at radius 3 is 2.79 bits per heavy atom. The van der Waals surface area contributed by atoms with Crippen LogP contribution in [-0.4, -0.2) is 17.7 Å². The summed E-state index contributed by atoms with van der Waals surface area (Å²) in [5.41, 5.74) is 0.0931. The van der Waals surface area contributed by atoms with Crippen LogP contribution in [0.25, 0.3) is 0 Å². The van der Waals surface area contributed by atoms with Crippen molar-refractivity contribution >= 4 is 17.6 Å². The number of carboxylic acid groups (broad SMARTS) is 1. The number of aromatic carboxylic acids is 1. The fourth-order valence-electron chi connectivity index (χ4n) is 0.979. The zero-order valence-electron chi connectivity index (χ0n) is 7.79. The molecule has 0 saturated heterocycles. The lowest BCUT2D eigenvalue weighted by molar-refractivity contribution is 0.0697. The molecule has 0 aromatic heterocycles. The van der Waals surface area contributed by atoms with Gasteiger partial charge in [-0.25, -0.2) is 4.79 Å². The van der Waals surface area contributed by atoms with Crippen molar-refractivity contribution in [2.24, 2.45) is 0 Å². The fourth-order valence-corrected chi connectivity index (χ4v) is 1.23. The van der Waals surface area contributed by atoms with Crippen molar-refractivity contribution in [1.82, 2.24) is 0 Å². The predicted molar refractivity (Wildman–Crippen MR) is 54.2 cm³/mol. The van der Waals surface area contributed by atoms with E-state index in [0.29, 0.717) is 12.4 Å². The second kappa shape index (κ2) is 4.86. The highest BCUT2D eigenvalue weighted by molar-refractivity contribution is 6.33. The molecule has 0 heterocycles. The highest BCUT2D eigenvalue weighted by atomic mass is 35.5. The maximum Gasteiger partial charge on any atom is 0.337 e. The standard InChI is InChI=1S/C10H11ClO3/c1-2-5-14-7-3-4-8(10(12)13)9(11)6-7/h3-4,6H,2,5H2,1H3,(H,12,13). The minimum Gasteiger partial charge on any atom is -0.494 e. The third-order valence-electron chi connectivity index (χ3n) is 1.64. The third-order valence-corrected chi connectivity index (χ3v) is 1.96. The van der Waals surface area contributed by atoms with Crippen molar-refractivity contribution in [2.75, 3.05) is 6.61 Å². The molecule has 0 unspecified atom stereocenters. The van der Waals surface area contributed by atoms with Gasteiger partial charge in [-0.1, -0.05) is 18.5 Å². The third kappa shape index (κ3) is 2.64. The molecular formula is C10H11ClO3. The molecule has 0 saturated carbocycles. The lowest BCUT2D eigenvalue weighted by Crippen LogP contribution is -1.99. The second-order valence-electron chi connectivity index (χ2n) is 2.80. The summed E-state index contributed by atoms with van der Waals surface area (Å²) in [5, 5.41) is 8.91. The molecule has 4 heteroatoms. The number of carbonyl (C=O) groups is 1. The van der Waals surface area contributed by atoms with Gasteiger partial charge in [0.25, 0.3) is 0 Å². The molecule has 0 radical (unpaired) electrons. The summed E-state index contributed by atoms with van der Waals surface area (Å²) < 4.78 is 5.29. The van der Waals surface area contributed by atoms with E-state index in [4.69, 9.17) is 21.4 Å². The van der Waals surface area contributed by atoms with E-state index in [1.807, 2.05) is 6.92 Å². The van der Waals surface area contributed by atoms with Gasteiger partial charge >= 0.3 is 5.97 Å². The molecule has 1 aromatic rings. The fraction of sp³-hybridized carbons (Fsp3) is 0.300. The molecule has 76 valence electrons. The maximum atomic E-state index is 10.6. The van der Waals surface area contributed by atoms with E-state index >= 15 is 0 Å². The van der Waals surface area contributed by atoms with E-state index in [1.165, 1.54) is 12.1 Å². The monoisotopic (exact) mass is 214 g/mol. The zero-order valence-corrected chi connectivity index (χ0v) is 8.54. The first-order chi connectivity index (χ1) is 6.65. The molecule has 0 spiro atoms. The Hall–Kier alpha value is -1.22. The minimum absolute atomic E-state index is 0.0931. The Kier molecular flexibility index (Phi) is 3.77. The van der Waals surface area contributed by atoms with Gasteiger partial charge < -0.3 is 9.84 Å². The molecule has 0 fully saturated rings. The first kappa shape index (κ1) is 10.9. The van der Waals surface area contributed by atoms with E-state index < -0.39 is 5.97 Å². The Bertz CT molecular complexity index is 336. The Balaban J connectivity index is 2.83. The van der Waals surface area contributed by atoms with Crippen LogP contribution in [0, 0.1) is 0 Å². The first-order valence-electron chi connectivity index (χ1n) is 4.30. The zero-order chi connectivity index (χ0) is 10.6. The van der Waals surface area contributed by atoms with Crippen molar-refractivity contribution in [3.05, 3.63) is 28.8 Å². The van der Waals surface area contributed by atoms with Crippen LogP contribution >= 0.6 is 11.6 Å². The summed E-state index contributed by atoms with van der Waals surface area (Å²) in [6.07, 6.45) is 0.901. The van der Waals surface area contributed by atoms with E-state index in [1.54, 1.807) is 6.07 Å². The second-order valence-corrected chi connectivity index (χ2v) is 3.20. The van der Waals surface area contributed by atoms with Gasteiger partial charge in [-0.05, 0) is 24.6 Å². The van der Waals surface area contributed by atoms with Gasteiger partial charge in [0.05, 0.1) is 17.2 Å². The Labute approximate surface area is 87.3 Å². The molecular weight excluding hydrogens is 204 g/mol. The molecule has 1 aromatic carbocycles. The molecule has 0 aliphatic heterocycles. The average Bonchev–Trinajstić information content (AvgIpc) is 2.14. The van der Waals surface area contributed by atoms with Gasteiger partial charge in [-0.15, -0.1) is 0 Å². The van der Waals surface area contributed by atoms with E-state index in [-0.39, 0.29) is 10.6 Å². The predicted octanol–water partition coefficient (Wildman–Crippen LogP) is 2.83. The van der Waals surface area contributed by atoms with Crippen LogP contribution in [0.2, 0.25) is 5.02 Å². The maximum absolute atomic E-state index is 10.6. The van der Waals surface area contributed by atoms with E-state index in [0.717, 1.165) is 6.42 Å². The molecule has 3 nitrogen and oxygen atoms in total. The lowest BCUT2D eigenvalue weighted by atomic mass is 10.2. The normalized spacial score (nSPS) is 9.86. The number of hydrogen-bond donors (Lipinski definition) is 1. The molecule has 0 amide bonds. The van der Waals surface area contributed by atoms with Gasteiger partial charge in [0, 0.05) is 0 Å². The highest BCUT2D eigenvalue weighted by Gasteiger charge is 2.08. The SMILES string of the molecule is CCCOc1ccc(C(=O)O)c(Cl)c1. The summed E-state index contributed by atoms with van der Waals surface area (Å²) in [7, 11) is 0. The van der Waals surface area contributed by atoms with Crippen LogP contribution in [-0.2, 0) is 0 Å². The number of benzene rings is 1. The van der Waals surface area contributed by atoms with Crippen LogP contribution in [0.5, 0.6) is 5.75 Å². The van der Waals surface area contributed by atoms with Crippen molar-refractivity contribution < 1.29 is 14.6 Å². The Morgan fingerprint density at radius 2 is 2.29 bits per heavy atom. The molecule has 0 aliphatic carbocycles. The molecule has 1 rings (SSSR count). The summed E-state index contributed by atoms with van der Waals surface area (Å²) in [4.78, 5) is 10.6. The molecule has 14 heavy (non-hydrogen) atoms. The highest BCUT2D eigenvalue weighted by Crippen LogP contribution is 2.22. The summed E-state index contributed by atoms with van der Waals surface area (Å²) in [5.74, 6) is -0.432. The number of rotatable bonds is 4. The van der Waals surface area contributed by atoms with Crippen molar-refractivity contribution in [1.29, 1.82) is 0 Å². The average molecular weight is 215 g/mol. The van der Waals surface area contributed by atoms with Crippen molar-refractivity contribution in [2.45, 2.75) is 13.3 Å². The van der Waals surface area contributed by atoms with E-state index in [2.05, 4.69) is 0 Å². The number of carboxylic acids is 1. The smallest absolute Gasteiger partial charge is 0.337 e. The van der Waals surface area contributed by atoms with Crippen LogP contribution in [0.3, 0.4) is 0 Å². The number of hydrogen-bond acceptors (Lipinski definition) is 2. The van der Waals surface area contributed by atoms with Gasteiger partial charge in [-0.2, -0.15) is 0 Å². The molecule has 0 bridgehead atoms. The number of halogens is 1. The van der Waals surface area contributed by atoms with Crippen LogP contribution in [0.15, 0.2) is 18.2 Å². The summed E-state index contributed by atoms with van der Waals surface area (Å²) in [6, 6.07) is 4.56. The van der Waals surface area contributed by atoms with Gasteiger partial charge in [0.2, 0.25) is 0 Å². The van der Waals surface area contributed by atoms with Crippen molar-refractivity contribution in [3.8, 4) is 5.75 Å². The lowest BCUT2D eigenvalue weighted by Gasteiger charge is -2.05. The summed E-state index contributed by atoms with van der Waals surface area (Å²) in [6.45, 7) is 2.59. The summed E-state index contributed by atoms with van der Waals surface area (Å²) >= 11 is 5.74. The van der Waals surface area contributed by atoms with Crippen LogP contribution in [0.1, 0.15) is 23.7 Å². The Morgan fingerprint density at radius 1 is 1.57 bits per heavy atom.